The number of benzene rings is 3. The molecule has 0 radical (unpaired) electrons. The van der Waals surface area contributed by atoms with Crippen LogP contribution in [0.25, 0.3) is 0 Å². The molecule has 4 nitrogen and oxygen atoms in total. The molecule has 0 aliphatic carbocycles. The predicted molar refractivity (Wildman–Crippen MR) is 113 cm³/mol. The lowest BCUT2D eigenvalue weighted by atomic mass is 9.92. The van der Waals surface area contributed by atoms with Crippen LogP contribution in [0.15, 0.2) is 72.8 Å². The fourth-order valence-electron chi connectivity index (χ4n) is 2.73. The van der Waals surface area contributed by atoms with Gasteiger partial charge in [-0.15, -0.1) is 0 Å². The van der Waals surface area contributed by atoms with Crippen LogP contribution in [0, 0.1) is 30.1 Å². The first-order valence-corrected chi connectivity index (χ1v) is 9.19. The summed E-state index contributed by atoms with van der Waals surface area (Å²) in [6.45, 7) is 1.94. The highest BCUT2D eigenvalue weighted by Crippen LogP contribution is 2.25. The largest absolute Gasteiger partial charge is 0.366 e. The smallest absolute Gasteiger partial charge is 0.273 e. The third kappa shape index (κ3) is 4.65. The molecule has 0 saturated carbocycles. The Hall–Kier alpha value is -3.57. The van der Waals surface area contributed by atoms with Gasteiger partial charge in [0.25, 0.3) is 5.91 Å². The topological polar surface area (TPSA) is 73.1 Å². The summed E-state index contributed by atoms with van der Waals surface area (Å²) < 4.78 is 0. The molecule has 0 fully saturated rings. The van der Waals surface area contributed by atoms with Crippen LogP contribution in [-0.2, 0) is 10.4 Å². The quantitative estimate of drug-likeness (QED) is 0.640. The number of carbonyl (C=O) groups is 1. The van der Waals surface area contributed by atoms with Gasteiger partial charge in [0.15, 0.2) is 0 Å². The van der Waals surface area contributed by atoms with Crippen LogP contribution in [0.4, 0.5) is 5.69 Å². The monoisotopic (exact) mass is 400 g/mol. The summed E-state index contributed by atoms with van der Waals surface area (Å²) in [4.78, 5) is 13.0. The van der Waals surface area contributed by atoms with Gasteiger partial charge in [-0.05, 0) is 48.7 Å². The summed E-state index contributed by atoms with van der Waals surface area (Å²) in [5, 5.41) is 23.1. The minimum Gasteiger partial charge on any atom is -0.366 e. The molecule has 3 aromatic carbocycles. The molecule has 0 aliphatic rings. The normalized spacial score (nSPS) is 12.1. The first-order chi connectivity index (χ1) is 13.9. The number of aliphatic hydroxyl groups is 1. The van der Waals surface area contributed by atoms with Gasteiger partial charge in [-0.3, -0.25) is 4.79 Å². The summed E-state index contributed by atoms with van der Waals surface area (Å²) in [7, 11) is 0. The van der Waals surface area contributed by atoms with E-state index in [1.807, 2.05) is 37.3 Å². The van der Waals surface area contributed by atoms with E-state index in [-0.39, 0.29) is 5.02 Å². The van der Waals surface area contributed by atoms with Crippen LogP contribution in [0.1, 0.15) is 22.3 Å². The Kier molecular flexibility index (Phi) is 6.00. The van der Waals surface area contributed by atoms with Gasteiger partial charge in [0.05, 0.1) is 10.6 Å². The van der Waals surface area contributed by atoms with Crippen molar-refractivity contribution in [2.24, 2.45) is 0 Å². The van der Waals surface area contributed by atoms with Crippen molar-refractivity contribution < 1.29 is 9.90 Å². The van der Waals surface area contributed by atoms with Gasteiger partial charge >= 0.3 is 0 Å². The molecule has 0 bridgehead atoms. The summed E-state index contributed by atoms with van der Waals surface area (Å²) in [5.74, 6) is 4.89. The Morgan fingerprint density at radius 2 is 1.83 bits per heavy atom. The Bertz CT molecular complexity index is 1160. The SMILES string of the molecule is Cc1cccc(C#CC(O)(C(=O)Nc2ccc(C#N)c(Cl)c2)c2ccccc2)c1. The minimum absolute atomic E-state index is 0.208. The van der Waals surface area contributed by atoms with E-state index >= 15 is 0 Å². The summed E-state index contributed by atoms with van der Waals surface area (Å²) in [5.41, 5.74) is 0.626. The maximum absolute atomic E-state index is 13.0. The van der Waals surface area contributed by atoms with Gasteiger partial charge < -0.3 is 10.4 Å². The first-order valence-electron chi connectivity index (χ1n) is 8.81. The van der Waals surface area contributed by atoms with E-state index in [9.17, 15) is 9.90 Å². The first kappa shape index (κ1) is 20.2. The second-order valence-corrected chi connectivity index (χ2v) is 6.86. The number of aryl methyl sites for hydroxylation is 1. The number of nitrogens with zero attached hydrogens (tertiary/aromatic N) is 1. The number of hydrogen-bond acceptors (Lipinski definition) is 3. The maximum atomic E-state index is 13.0. The predicted octanol–water partition coefficient (Wildman–Crippen LogP) is 4.40. The Morgan fingerprint density at radius 1 is 1.07 bits per heavy atom. The Morgan fingerprint density at radius 3 is 2.48 bits per heavy atom. The van der Waals surface area contributed by atoms with Crippen molar-refractivity contribution in [2.75, 3.05) is 5.32 Å². The van der Waals surface area contributed by atoms with Gasteiger partial charge in [0.2, 0.25) is 5.60 Å². The van der Waals surface area contributed by atoms with E-state index in [2.05, 4.69) is 17.2 Å². The van der Waals surface area contributed by atoms with Crippen molar-refractivity contribution in [1.82, 2.24) is 0 Å². The number of carbonyl (C=O) groups excluding carboxylic acids is 1. The molecule has 0 saturated heterocycles. The van der Waals surface area contributed by atoms with Crippen molar-refractivity contribution in [3.63, 3.8) is 0 Å². The number of hydrogen-bond donors (Lipinski definition) is 2. The van der Waals surface area contributed by atoms with Gasteiger partial charge in [-0.2, -0.15) is 5.26 Å². The molecule has 0 heterocycles. The molecule has 0 aliphatic heterocycles. The molecule has 3 rings (SSSR count). The van der Waals surface area contributed by atoms with Gasteiger partial charge in [0, 0.05) is 16.8 Å². The third-order valence-electron chi connectivity index (χ3n) is 4.27. The molecule has 0 spiro atoms. The molecule has 0 aromatic heterocycles. The molecule has 1 amide bonds. The van der Waals surface area contributed by atoms with Crippen molar-refractivity contribution in [3.05, 3.63) is 100 Å². The van der Waals surface area contributed by atoms with Gasteiger partial charge in [-0.1, -0.05) is 60.0 Å². The van der Waals surface area contributed by atoms with Crippen molar-refractivity contribution in [3.8, 4) is 17.9 Å². The number of nitriles is 1. The van der Waals surface area contributed by atoms with E-state index in [1.165, 1.54) is 12.1 Å². The zero-order valence-corrected chi connectivity index (χ0v) is 16.4. The number of halogens is 1. The van der Waals surface area contributed by atoms with E-state index in [0.29, 0.717) is 22.4 Å². The second kappa shape index (κ2) is 8.63. The fourth-order valence-corrected chi connectivity index (χ4v) is 2.95. The lowest BCUT2D eigenvalue weighted by Gasteiger charge is -2.22. The fraction of sp³-hybridized carbons (Fsp3) is 0.0833. The summed E-state index contributed by atoms with van der Waals surface area (Å²) >= 11 is 6.04. The highest BCUT2D eigenvalue weighted by atomic mass is 35.5. The molecule has 1 atom stereocenters. The average Bonchev–Trinajstić information content (AvgIpc) is 2.73. The standard InChI is InChI=1S/C24H17ClN2O2/c1-17-6-5-7-18(14-17)12-13-24(29,20-8-3-2-4-9-20)23(28)27-21-11-10-19(16-26)22(25)15-21/h2-11,14-15,29H,1H3,(H,27,28). The lowest BCUT2D eigenvalue weighted by Crippen LogP contribution is -2.39. The molecular weight excluding hydrogens is 384 g/mol. The Balaban J connectivity index is 1.99. The number of anilines is 1. The van der Waals surface area contributed by atoms with Crippen LogP contribution >= 0.6 is 11.6 Å². The summed E-state index contributed by atoms with van der Waals surface area (Å²) in [6.07, 6.45) is 0. The zero-order chi connectivity index (χ0) is 20.9. The van der Waals surface area contributed by atoms with Crippen molar-refractivity contribution in [1.29, 1.82) is 5.26 Å². The maximum Gasteiger partial charge on any atom is 0.273 e. The van der Waals surface area contributed by atoms with Crippen LogP contribution in [0.3, 0.4) is 0 Å². The number of rotatable bonds is 3. The lowest BCUT2D eigenvalue weighted by molar-refractivity contribution is -0.129. The highest BCUT2D eigenvalue weighted by Gasteiger charge is 2.36. The highest BCUT2D eigenvalue weighted by molar-refractivity contribution is 6.32. The molecule has 142 valence electrons. The molecule has 3 aromatic rings. The molecular formula is C24H17ClN2O2. The van der Waals surface area contributed by atoms with E-state index in [1.54, 1.807) is 36.4 Å². The Labute approximate surface area is 174 Å². The minimum atomic E-state index is -2.08. The van der Waals surface area contributed by atoms with Crippen LogP contribution in [0.2, 0.25) is 5.02 Å². The van der Waals surface area contributed by atoms with Crippen LogP contribution in [-0.4, -0.2) is 11.0 Å². The molecule has 5 heteroatoms. The van der Waals surface area contributed by atoms with Crippen molar-refractivity contribution >= 4 is 23.2 Å². The molecule has 29 heavy (non-hydrogen) atoms. The van der Waals surface area contributed by atoms with Crippen molar-refractivity contribution in [2.45, 2.75) is 12.5 Å². The molecule has 1 unspecified atom stereocenters. The van der Waals surface area contributed by atoms with Gasteiger partial charge in [-0.25, -0.2) is 0 Å². The number of amides is 1. The number of nitrogens with one attached hydrogen (secondary N) is 1. The molecule has 2 N–H and O–H groups in total. The van der Waals surface area contributed by atoms with Gasteiger partial charge in [0.1, 0.15) is 6.07 Å². The van der Waals surface area contributed by atoms with E-state index in [0.717, 1.165) is 5.56 Å². The summed E-state index contributed by atoms with van der Waals surface area (Å²) in [6, 6.07) is 22.4. The van der Waals surface area contributed by atoms with Crippen LogP contribution in [0.5, 0.6) is 0 Å². The zero-order valence-electron chi connectivity index (χ0n) is 15.6. The van der Waals surface area contributed by atoms with E-state index < -0.39 is 11.5 Å². The van der Waals surface area contributed by atoms with E-state index in [4.69, 9.17) is 16.9 Å². The average molecular weight is 401 g/mol. The second-order valence-electron chi connectivity index (χ2n) is 6.46. The van der Waals surface area contributed by atoms with Crippen LogP contribution < -0.4 is 5.32 Å². The third-order valence-corrected chi connectivity index (χ3v) is 4.59.